The monoisotopic (exact) mass is 316 g/mol. The molecule has 1 unspecified atom stereocenters. The van der Waals surface area contributed by atoms with Crippen molar-refractivity contribution in [2.24, 2.45) is 17.3 Å². The van der Waals surface area contributed by atoms with Crippen molar-refractivity contribution in [3.8, 4) is 0 Å². The van der Waals surface area contributed by atoms with Gasteiger partial charge in [-0.3, -0.25) is 0 Å². The van der Waals surface area contributed by atoms with Gasteiger partial charge in [0.1, 0.15) is 0 Å². The van der Waals surface area contributed by atoms with Gasteiger partial charge >= 0.3 is 0 Å². The van der Waals surface area contributed by atoms with Crippen molar-refractivity contribution in [3.05, 3.63) is 0 Å². The first-order valence-corrected chi connectivity index (χ1v) is 10.1. The fourth-order valence-corrected chi connectivity index (χ4v) is 5.60. The van der Waals surface area contributed by atoms with Gasteiger partial charge in [0.2, 0.25) is 10.0 Å². The lowest BCUT2D eigenvalue weighted by molar-refractivity contribution is 0.216. The number of rotatable bonds is 3. The molecule has 5 heteroatoms. The normalized spacial score (nSPS) is 27.5. The maximum atomic E-state index is 12.7. The summed E-state index contributed by atoms with van der Waals surface area (Å²) in [6.07, 6.45) is 5.17. The molecule has 4 nitrogen and oxygen atoms in total. The summed E-state index contributed by atoms with van der Waals surface area (Å²) < 4.78 is 27.1. The fourth-order valence-electron chi connectivity index (χ4n) is 3.67. The Kier molecular flexibility index (Phi) is 5.71. The van der Waals surface area contributed by atoms with Crippen LogP contribution in [0.4, 0.5) is 0 Å². The van der Waals surface area contributed by atoms with Gasteiger partial charge in [0.05, 0.1) is 5.75 Å². The van der Waals surface area contributed by atoms with Crippen LogP contribution in [-0.2, 0) is 10.0 Å². The van der Waals surface area contributed by atoms with Gasteiger partial charge < -0.3 is 5.32 Å². The third kappa shape index (κ3) is 4.93. The Hall–Kier alpha value is -0.130. The summed E-state index contributed by atoms with van der Waals surface area (Å²) in [6, 6.07) is 0. The zero-order valence-corrected chi connectivity index (χ0v) is 14.7. The molecule has 21 heavy (non-hydrogen) atoms. The number of nitrogens with zero attached hydrogens (tertiary/aromatic N) is 1. The molecule has 0 saturated carbocycles. The summed E-state index contributed by atoms with van der Waals surface area (Å²) in [5.74, 6) is 1.34. The van der Waals surface area contributed by atoms with Gasteiger partial charge in [-0.15, -0.1) is 0 Å². The van der Waals surface area contributed by atoms with Crippen LogP contribution in [0.15, 0.2) is 0 Å². The van der Waals surface area contributed by atoms with E-state index in [1.54, 1.807) is 4.31 Å². The fraction of sp³-hybridized carbons (Fsp3) is 1.00. The second-order valence-electron chi connectivity index (χ2n) is 7.86. The van der Waals surface area contributed by atoms with E-state index in [4.69, 9.17) is 0 Å². The predicted octanol–water partition coefficient (Wildman–Crippen LogP) is 2.46. The molecule has 0 aliphatic carbocycles. The highest BCUT2D eigenvalue weighted by atomic mass is 32.2. The van der Waals surface area contributed by atoms with E-state index in [1.165, 1.54) is 0 Å². The van der Waals surface area contributed by atoms with Crippen molar-refractivity contribution < 1.29 is 8.42 Å². The van der Waals surface area contributed by atoms with Crippen molar-refractivity contribution in [2.45, 2.75) is 52.9 Å². The van der Waals surface area contributed by atoms with E-state index >= 15 is 0 Å². The molecule has 2 saturated heterocycles. The van der Waals surface area contributed by atoms with Gasteiger partial charge in [0.15, 0.2) is 0 Å². The highest BCUT2D eigenvalue weighted by molar-refractivity contribution is 7.89. The van der Waals surface area contributed by atoms with E-state index in [-0.39, 0.29) is 5.41 Å². The first kappa shape index (κ1) is 17.2. The molecule has 1 N–H and O–H groups in total. The first-order valence-electron chi connectivity index (χ1n) is 8.47. The molecule has 0 amide bonds. The molecule has 0 aromatic carbocycles. The Morgan fingerprint density at radius 1 is 1.05 bits per heavy atom. The molecule has 124 valence electrons. The van der Waals surface area contributed by atoms with Gasteiger partial charge in [0.25, 0.3) is 0 Å². The average molecular weight is 317 g/mol. The molecule has 2 aliphatic heterocycles. The summed E-state index contributed by atoms with van der Waals surface area (Å²) in [5, 5.41) is 3.30. The lowest BCUT2D eigenvalue weighted by Gasteiger charge is -2.30. The second kappa shape index (κ2) is 6.97. The van der Waals surface area contributed by atoms with Gasteiger partial charge in [-0.1, -0.05) is 20.8 Å². The zero-order valence-electron chi connectivity index (χ0n) is 13.9. The summed E-state index contributed by atoms with van der Waals surface area (Å²) >= 11 is 0. The van der Waals surface area contributed by atoms with E-state index in [0.29, 0.717) is 17.6 Å². The van der Waals surface area contributed by atoms with Crippen LogP contribution in [0.1, 0.15) is 52.9 Å². The minimum Gasteiger partial charge on any atom is -0.317 e. The molecular formula is C16H32N2O2S. The van der Waals surface area contributed by atoms with E-state index in [0.717, 1.165) is 58.3 Å². The smallest absolute Gasteiger partial charge is 0.214 e. The van der Waals surface area contributed by atoms with Gasteiger partial charge in [0, 0.05) is 13.1 Å². The summed E-state index contributed by atoms with van der Waals surface area (Å²) in [5.41, 5.74) is 0.287. The highest BCUT2D eigenvalue weighted by Crippen LogP contribution is 2.35. The Balaban J connectivity index is 1.94. The summed E-state index contributed by atoms with van der Waals surface area (Å²) in [7, 11) is -3.07. The topological polar surface area (TPSA) is 49.4 Å². The lowest BCUT2D eigenvalue weighted by Crippen LogP contribution is -2.39. The standard InChI is InChI=1S/C16H32N2O2S/c1-16(2,3)15-5-4-11-18(12-8-15)21(19,20)13-14-6-9-17-10-7-14/h14-15,17H,4-13H2,1-3H3. The Bertz CT molecular complexity index is 422. The maximum Gasteiger partial charge on any atom is 0.214 e. The molecule has 2 heterocycles. The van der Waals surface area contributed by atoms with E-state index in [2.05, 4.69) is 26.1 Å². The number of nitrogens with one attached hydrogen (secondary N) is 1. The van der Waals surface area contributed by atoms with E-state index < -0.39 is 10.0 Å². The van der Waals surface area contributed by atoms with Crippen LogP contribution in [-0.4, -0.2) is 44.7 Å². The minimum atomic E-state index is -3.07. The molecule has 2 aliphatic rings. The van der Waals surface area contributed by atoms with Crippen molar-refractivity contribution in [2.75, 3.05) is 31.9 Å². The Morgan fingerprint density at radius 3 is 2.33 bits per heavy atom. The zero-order chi connectivity index (χ0) is 15.5. The highest BCUT2D eigenvalue weighted by Gasteiger charge is 2.32. The van der Waals surface area contributed by atoms with Crippen molar-refractivity contribution in [1.82, 2.24) is 9.62 Å². The van der Waals surface area contributed by atoms with Crippen LogP contribution in [0.5, 0.6) is 0 Å². The molecule has 0 radical (unpaired) electrons. The second-order valence-corrected chi connectivity index (χ2v) is 9.88. The number of hydrogen-bond acceptors (Lipinski definition) is 3. The molecule has 2 rings (SSSR count). The van der Waals surface area contributed by atoms with Gasteiger partial charge in [-0.25, -0.2) is 12.7 Å². The molecular weight excluding hydrogens is 284 g/mol. The van der Waals surface area contributed by atoms with Crippen LogP contribution < -0.4 is 5.32 Å². The van der Waals surface area contributed by atoms with Crippen LogP contribution in [0, 0.1) is 17.3 Å². The SMILES string of the molecule is CC(C)(C)C1CCCN(S(=O)(=O)CC2CCNCC2)CC1. The van der Waals surface area contributed by atoms with E-state index in [9.17, 15) is 8.42 Å². The number of piperidine rings is 1. The molecule has 1 atom stereocenters. The van der Waals surface area contributed by atoms with Gasteiger partial charge in [-0.2, -0.15) is 0 Å². The van der Waals surface area contributed by atoms with Crippen LogP contribution in [0.2, 0.25) is 0 Å². The minimum absolute atomic E-state index is 0.287. The number of hydrogen-bond donors (Lipinski definition) is 1. The maximum absolute atomic E-state index is 12.7. The Morgan fingerprint density at radius 2 is 1.71 bits per heavy atom. The van der Waals surface area contributed by atoms with Crippen molar-refractivity contribution >= 4 is 10.0 Å². The van der Waals surface area contributed by atoms with Crippen molar-refractivity contribution in [1.29, 1.82) is 0 Å². The molecule has 0 aromatic rings. The Labute approximate surface area is 130 Å². The first-order chi connectivity index (χ1) is 9.79. The van der Waals surface area contributed by atoms with Crippen LogP contribution in [0.3, 0.4) is 0 Å². The third-order valence-electron chi connectivity index (χ3n) is 5.21. The molecule has 2 fully saturated rings. The van der Waals surface area contributed by atoms with Crippen LogP contribution >= 0.6 is 0 Å². The molecule has 0 aromatic heterocycles. The van der Waals surface area contributed by atoms with Crippen LogP contribution in [0.25, 0.3) is 0 Å². The summed E-state index contributed by atoms with van der Waals surface area (Å²) in [4.78, 5) is 0. The van der Waals surface area contributed by atoms with E-state index in [1.807, 2.05) is 0 Å². The molecule has 0 bridgehead atoms. The van der Waals surface area contributed by atoms with Crippen molar-refractivity contribution in [3.63, 3.8) is 0 Å². The predicted molar refractivity (Wildman–Crippen MR) is 87.7 cm³/mol. The third-order valence-corrected chi connectivity index (χ3v) is 7.25. The number of sulfonamides is 1. The largest absolute Gasteiger partial charge is 0.317 e. The quantitative estimate of drug-likeness (QED) is 0.870. The average Bonchev–Trinajstić information content (AvgIpc) is 2.65. The van der Waals surface area contributed by atoms with Gasteiger partial charge in [-0.05, 0) is 62.4 Å². The summed E-state index contributed by atoms with van der Waals surface area (Å²) in [6.45, 7) is 10.2. The molecule has 0 spiro atoms. The lowest BCUT2D eigenvalue weighted by atomic mass is 9.77.